The molecule has 27 heavy (non-hydrogen) atoms. The molecule has 150 valence electrons. The summed E-state index contributed by atoms with van der Waals surface area (Å²) in [4.78, 5) is 14.7. The Hall–Kier alpha value is -1.97. The van der Waals surface area contributed by atoms with Gasteiger partial charge in [-0.05, 0) is 82.6 Å². The van der Waals surface area contributed by atoms with Crippen LogP contribution in [0.5, 0.6) is 5.75 Å². The predicted molar refractivity (Wildman–Crippen MR) is 110 cm³/mol. The van der Waals surface area contributed by atoms with Crippen molar-refractivity contribution in [2.75, 3.05) is 6.54 Å². The average molecular weight is 374 g/mol. The number of hydrogen-bond donors (Lipinski definition) is 1. The first-order chi connectivity index (χ1) is 12.8. The highest BCUT2D eigenvalue weighted by Crippen LogP contribution is 2.37. The van der Waals surface area contributed by atoms with E-state index in [-0.39, 0.29) is 17.9 Å². The fraction of sp³-hybridized carbons (Fsp3) is 0.609. The molecule has 1 amide bonds. The van der Waals surface area contributed by atoms with Crippen molar-refractivity contribution in [2.45, 2.75) is 84.8 Å². The van der Waals surface area contributed by atoms with Crippen molar-refractivity contribution < 1.29 is 14.6 Å². The molecule has 1 unspecified atom stereocenters. The van der Waals surface area contributed by atoms with Gasteiger partial charge in [-0.2, -0.15) is 0 Å². The van der Waals surface area contributed by atoms with Crippen molar-refractivity contribution in [1.82, 2.24) is 4.90 Å². The van der Waals surface area contributed by atoms with E-state index in [1.807, 2.05) is 51.7 Å². The molecular formula is C23H35NO3. The standard InChI is InChI=1S/C21H29NO3.C2H6/c1-21(2,3)25-20(24)22-13-12-16-6-4-5-7-18(16)19(22)14-15-8-10-17(23)11-9-15;1-2/h8-11,19,23H,4-7,12-14H2,1-3H3;1-2H3. The van der Waals surface area contributed by atoms with Crippen LogP contribution in [0.15, 0.2) is 35.4 Å². The van der Waals surface area contributed by atoms with E-state index in [1.165, 1.54) is 24.8 Å². The number of phenols is 1. The second-order valence-electron chi connectivity index (χ2n) is 8.15. The Morgan fingerprint density at radius 2 is 1.74 bits per heavy atom. The molecule has 1 atom stereocenters. The van der Waals surface area contributed by atoms with Crippen LogP contribution in [-0.2, 0) is 11.2 Å². The van der Waals surface area contributed by atoms with Gasteiger partial charge in [-0.25, -0.2) is 4.79 Å². The smallest absolute Gasteiger partial charge is 0.410 e. The predicted octanol–water partition coefficient (Wildman–Crippen LogP) is 5.84. The molecule has 0 aromatic heterocycles. The lowest BCUT2D eigenvalue weighted by molar-refractivity contribution is 0.0171. The van der Waals surface area contributed by atoms with Crippen LogP contribution in [0.4, 0.5) is 4.79 Å². The van der Waals surface area contributed by atoms with E-state index >= 15 is 0 Å². The molecule has 1 heterocycles. The summed E-state index contributed by atoms with van der Waals surface area (Å²) >= 11 is 0. The molecule has 1 aromatic carbocycles. The number of phenolic OH excluding ortho intramolecular Hbond substituents is 1. The minimum absolute atomic E-state index is 0.0726. The van der Waals surface area contributed by atoms with Crippen LogP contribution in [0.25, 0.3) is 0 Å². The van der Waals surface area contributed by atoms with E-state index in [0.717, 1.165) is 31.4 Å². The van der Waals surface area contributed by atoms with E-state index in [9.17, 15) is 9.90 Å². The Labute approximate surface area is 164 Å². The van der Waals surface area contributed by atoms with Gasteiger partial charge in [-0.3, -0.25) is 0 Å². The molecule has 1 aliphatic heterocycles. The first kappa shape index (κ1) is 21.3. The van der Waals surface area contributed by atoms with Crippen molar-refractivity contribution in [1.29, 1.82) is 0 Å². The van der Waals surface area contributed by atoms with Gasteiger partial charge >= 0.3 is 6.09 Å². The van der Waals surface area contributed by atoms with E-state index < -0.39 is 5.60 Å². The largest absolute Gasteiger partial charge is 0.508 e. The Bertz CT molecular complexity index is 655. The Morgan fingerprint density at radius 3 is 2.37 bits per heavy atom. The minimum Gasteiger partial charge on any atom is -0.508 e. The zero-order valence-electron chi connectivity index (χ0n) is 17.5. The number of carbonyl (C=O) groups excluding carboxylic acids is 1. The van der Waals surface area contributed by atoms with E-state index in [0.29, 0.717) is 0 Å². The van der Waals surface area contributed by atoms with Crippen LogP contribution in [0.1, 0.15) is 72.3 Å². The number of benzene rings is 1. The molecule has 1 aromatic rings. The summed E-state index contributed by atoms with van der Waals surface area (Å²) in [6.45, 7) is 10.5. The highest BCUT2D eigenvalue weighted by Gasteiger charge is 2.35. The van der Waals surface area contributed by atoms with E-state index in [4.69, 9.17) is 4.74 Å². The molecule has 1 N–H and O–H groups in total. The molecule has 0 saturated carbocycles. The normalized spacial score (nSPS) is 19.7. The third kappa shape index (κ3) is 5.75. The van der Waals surface area contributed by atoms with Gasteiger partial charge in [-0.1, -0.05) is 31.6 Å². The summed E-state index contributed by atoms with van der Waals surface area (Å²) in [6, 6.07) is 7.39. The zero-order chi connectivity index (χ0) is 20.0. The van der Waals surface area contributed by atoms with Crippen molar-refractivity contribution in [2.24, 2.45) is 0 Å². The maximum Gasteiger partial charge on any atom is 0.410 e. The van der Waals surface area contributed by atoms with Crippen LogP contribution in [0, 0.1) is 0 Å². The van der Waals surface area contributed by atoms with Crippen LogP contribution < -0.4 is 0 Å². The van der Waals surface area contributed by atoms with Gasteiger partial charge in [0.2, 0.25) is 0 Å². The third-order valence-electron chi connectivity index (χ3n) is 5.06. The number of ether oxygens (including phenoxy) is 1. The third-order valence-corrected chi connectivity index (χ3v) is 5.06. The number of aromatic hydroxyl groups is 1. The summed E-state index contributed by atoms with van der Waals surface area (Å²) < 4.78 is 5.67. The molecule has 0 spiro atoms. The fourth-order valence-corrected chi connectivity index (χ4v) is 3.91. The SMILES string of the molecule is CC.CC(C)(C)OC(=O)N1CCC2=C(CCCC2)C1Cc1ccc(O)cc1. The lowest BCUT2D eigenvalue weighted by Crippen LogP contribution is -2.48. The van der Waals surface area contributed by atoms with Crippen LogP contribution >= 0.6 is 0 Å². The summed E-state index contributed by atoms with van der Waals surface area (Å²) in [5, 5.41) is 9.52. The van der Waals surface area contributed by atoms with Crippen molar-refractivity contribution in [3.8, 4) is 5.75 Å². The summed E-state index contributed by atoms with van der Waals surface area (Å²) in [5.41, 5.74) is 3.64. The van der Waals surface area contributed by atoms with E-state index in [2.05, 4.69) is 0 Å². The van der Waals surface area contributed by atoms with E-state index in [1.54, 1.807) is 17.7 Å². The first-order valence-corrected chi connectivity index (χ1v) is 10.3. The first-order valence-electron chi connectivity index (χ1n) is 10.3. The molecule has 2 aliphatic rings. The molecule has 4 heteroatoms. The van der Waals surface area contributed by atoms with Crippen LogP contribution in [-0.4, -0.2) is 34.3 Å². The second kappa shape index (κ2) is 9.29. The highest BCUT2D eigenvalue weighted by atomic mass is 16.6. The lowest BCUT2D eigenvalue weighted by atomic mass is 9.80. The molecule has 0 saturated heterocycles. The second-order valence-corrected chi connectivity index (χ2v) is 8.15. The number of nitrogens with zero attached hydrogens (tertiary/aromatic N) is 1. The summed E-state index contributed by atoms with van der Waals surface area (Å²) in [5.74, 6) is 0.272. The van der Waals surface area contributed by atoms with Gasteiger partial charge in [0.25, 0.3) is 0 Å². The van der Waals surface area contributed by atoms with Crippen LogP contribution in [0.3, 0.4) is 0 Å². The number of hydrogen-bond acceptors (Lipinski definition) is 3. The van der Waals surface area contributed by atoms with Crippen molar-refractivity contribution in [3.05, 3.63) is 41.0 Å². The topological polar surface area (TPSA) is 49.8 Å². The number of rotatable bonds is 2. The summed E-state index contributed by atoms with van der Waals surface area (Å²) in [6.07, 6.45) is 6.25. The molecule has 0 fully saturated rings. The van der Waals surface area contributed by atoms with Gasteiger partial charge < -0.3 is 14.7 Å². The van der Waals surface area contributed by atoms with Crippen molar-refractivity contribution in [3.63, 3.8) is 0 Å². The van der Waals surface area contributed by atoms with Gasteiger partial charge in [0, 0.05) is 6.54 Å². The molecule has 0 bridgehead atoms. The maximum atomic E-state index is 12.8. The van der Waals surface area contributed by atoms with Gasteiger partial charge in [-0.15, -0.1) is 0 Å². The van der Waals surface area contributed by atoms with Gasteiger partial charge in [0.05, 0.1) is 6.04 Å². The minimum atomic E-state index is -0.485. The molecule has 0 radical (unpaired) electrons. The lowest BCUT2D eigenvalue weighted by Gasteiger charge is -2.41. The molecule has 1 aliphatic carbocycles. The van der Waals surface area contributed by atoms with Crippen LogP contribution in [0.2, 0.25) is 0 Å². The number of amides is 1. The fourth-order valence-electron chi connectivity index (χ4n) is 3.91. The van der Waals surface area contributed by atoms with Crippen molar-refractivity contribution >= 4 is 6.09 Å². The quantitative estimate of drug-likeness (QED) is 0.662. The highest BCUT2D eigenvalue weighted by molar-refractivity contribution is 5.70. The zero-order valence-corrected chi connectivity index (χ0v) is 17.5. The van der Waals surface area contributed by atoms with Gasteiger partial charge in [0.15, 0.2) is 0 Å². The Kier molecular flexibility index (Phi) is 7.34. The Morgan fingerprint density at radius 1 is 1.11 bits per heavy atom. The molecule has 4 nitrogen and oxygen atoms in total. The maximum absolute atomic E-state index is 12.8. The monoisotopic (exact) mass is 373 g/mol. The molecule has 3 rings (SSSR count). The summed E-state index contributed by atoms with van der Waals surface area (Å²) in [7, 11) is 0. The Balaban J connectivity index is 0.00000126. The molecular weight excluding hydrogens is 338 g/mol. The average Bonchev–Trinajstić information content (AvgIpc) is 2.64. The van der Waals surface area contributed by atoms with Gasteiger partial charge in [0.1, 0.15) is 11.4 Å². The number of carbonyl (C=O) groups is 1.